The van der Waals surface area contributed by atoms with Gasteiger partial charge >= 0.3 is 5.97 Å². The summed E-state index contributed by atoms with van der Waals surface area (Å²) in [5.74, 6) is -0.0694. The number of fused-ring (bicyclic) bond motifs is 2. The predicted molar refractivity (Wildman–Crippen MR) is 227 cm³/mol. The Morgan fingerprint density at radius 1 is 0.925 bits per heavy atom. The van der Waals surface area contributed by atoms with Gasteiger partial charge in [0.05, 0.1) is 0 Å². The highest BCUT2D eigenvalue weighted by molar-refractivity contribution is 8.77. The molecule has 2 aromatic carbocycles. The number of carbonyl (C=O) groups is 3. The van der Waals surface area contributed by atoms with Crippen molar-refractivity contribution in [3.8, 4) is 0 Å². The molecular weight excluding hydrogens is 719 g/mol. The summed E-state index contributed by atoms with van der Waals surface area (Å²) < 4.78 is 7.68. The molecule has 1 heterocycles. The van der Waals surface area contributed by atoms with Crippen LogP contribution in [0.4, 0.5) is 5.69 Å². The Morgan fingerprint density at radius 2 is 1.66 bits per heavy atom. The highest BCUT2D eigenvalue weighted by atomic mass is 33.1. The van der Waals surface area contributed by atoms with Crippen molar-refractivity contribution in [3.63, 3.8) is 0 Å². The van der Waals surface area contributed by atoms with E-state index in [4.69, 9.17) is 9.84 Å². The molecule has 2 aromatic rings. The molecule has 1 amide bonds. The first-order chi connectivity index (χ1) is 25.0. The van der Waals surface area contributed by atoms with Crippen LogP contribution in [0.2, 0.25) is 13.1 Å². The maximum absolute atomic E-state index is 14.2. The summed E-state index contributed by atoms with van der Waals surface area (Å²) in [7, 11) is 11.4. The lowest BCUT2D eigenvalue weighted by Gasteiger charge is -2.38. The third kappa shape index (κ3) is 11.1. The van der Waals surface area contributed by atoms with E-state index in [9.17, 15) is 14.4 Å². The number of amides is 1. The number of anilines is 1. The van der Waals surface area contributed by atoms with Crippen molar-refractivity contribution < 1.29 is 28.8 Å². The fourth-order valence-electron chi connectivity index (χ4n) is 6.74. The Morgan fingerprint density at radius 3 is 2.36 bits per heavy atom. The van der Waals surface area contributed by atoms with Crippen LogP contribution in [0.1, 0.15) is 80.3 Å². The van der Waals surface area contributed by atoms with Crippen molar-refractivity contribution in [3.05, 3.63) is 88.2 Å². The summed E-state index contributed by atoms with van der Waals surface area (Å²) in [6.45, 7) is 10.2. The van der Waals surface area contributed by atoms with E-state index in [-0.39, 0.29) is 22.9 Å². The first kappa shape index (κ1) is 42.4. The van der Waals surface area contributed by atoms with Crippen LogP contribution in [-0.2, 0) is 14.3 Å². The van der Waals surface area contributed by atoms with Crippen LogP contribution in [0.3, 0.4) is 0 Å². The maximum Gasteiger partial charge on any atom is 0.303 e. The van der Waals surface area contributed by atoms with Gasteiger partial charge in [-0.25, -0.2) is 4.58 Å². The second-order valence-electron chi connectivity index (χ2n) is 15.5. The van der Waals surface area contributed by atoms with Gasteiger partial charge in [-0.3, -0.25) is 14.4 Å². The molecule has 0 saturated carbocycles. The van der Waals surface area contributed by atoms with Crippen LogP contribution in [0.5, 0.6) is 0 Å². The molecule has 0 bridgehead atoms. The topological polar surface area (TPSA) is 90.2 Å². The lowest BCUT2D eigenvalue weighted by atomic mass is 9.87. The second kappa shape index (κ2) is 18.8. The van der Waals surface area contributed by atoms with E-state index >= 15 is 0 Å². The lowest BCUT2D eigenvalue weighted by Crippen LogP contribution is -2.49. The highest BCUT2D eigenvalue weighted by Gasteiger charge is 2.41. The van der Waals surface area contributed by atoms with Gasteiger partial charge < -0.3 is 19.6 Å². The normalized spacial score (nSPS) is 14.7. The van der Waals surface area contributed by atoms with Gasteiger partial charge in [-0.1, -0.05) is 58.9 Å². The minimum atomic E-state index is -2.12. The number of hydrogen-bond acceptors (Lipinski definition) is 7. The van der Waals surface area contributed by atoms with Gasteiger partial charge in [-0.2, -0.15) is 0 Å². The number of Topliss-reactive ketones (excluding diaryl/α,β-unsaturated/α-hetero) is 1. The molecule has 0 unspecified atom stereocenters. The second-order valence-corrected chi connectivity index (χ2v) is 22.8. The third-order valence-corrected chi connectivity index (χ3v) is 16.6. The number of ether oxygens (including phenoxy) is 1. The fourth-order valence-corrected chi connectivity index (χ4v) is 12.1. The van der Waals surface area contributed by atoms with Crippen LogP contribution < -0.4 is 10.1 Å². The summed E-state index contributed by atoms with van der Waals surface area (Å²) >= 11 is 0. The van der Waals surface area contributed by atoms with Crippen LogP contribution >= 0.6 is 21.6 Å². The smallest absolute Gasteiger partial charge is 0.303 e. The molecule has 0 spiro atoms. The van der Waals surface area contributed by atoms with Gasteiger partial charge in [0, 0.05) is 81.7 Å². The largest absolute Gasteiger partial charge is 0.481 e. The highest BCUT2D eigenvalue weighted by Crippen LogP contribution is 2.43. The Kier molecular flexibility index (Phi) is 15.0. The van der Waals surface area contributed by atoms with Crippen molar-refractivity contribution in [2.45, 2.75) is 76.6 Å². The van der Waals surface area contributed by atoms with Crippen LogP contribution in [0, 0.1) is 0 Å². The van der Waals surface area contributed by atoms with Gasteiger partial charge in [0.2, 0.25) is 0 Å². The zero-order valence-corrected chi connectivity index (χ0v) is 35.7. The molecule has 0 radical (unpaired) electrons. The molecule has 0 fully saturated rings. The summed E-state index contributed by atoms with van der Waals surface area (Å²) in [6, 6.07) is 14.8. The number of benzene rings is 2. The molecule has 1 aliphatic carbocycles. The van der Waals surface area contributed by atoms with E-state index in [0.717, 1.165) is 24.0 Å². The lowest BCUT2D eigenvalue weighted by molar-refractivity contribution is -0.462. The van der Waals surface area contributed by atoms with E-state index in [1.54, 1.807) is 26.5 Å². The number of ketones is 1. The molecule has 0 atom stereocenters. The summed E-state index contributed by atoms with van der Waals surface area (Å²) in [5.41, 5.74) is 7.45. The molecule has 1 aliphatic heterocycles. The minimum Gasteiger partial charge on any atom is -0.481 e. The Bertz CT molecular complexity index is 1810. The predicted octanol–water partition coefficient (Wildman–Crippen LogP) is 7.82. The number of nitrogens with zero attached hydrogens (tertiary/aromatic N) is 3. The molecule has 53 heavy (non-hydrogen) atoms. The number of carbonyl (C=O) groups excluding carboxylic acids is 2. The SMILES string of the molecule is CN(CCCC(=O)CCC(C)(C)SSCOCCCCC(=O)O)C(=O)c1ccccc1C1=C2C=CC(=[N+](C)C)C=C2[Si](C)(C)c2cc(N(C)C)ccc21. The van der Waals surface area contributed by atoms with Crippen molar-refractivity contribution in [1.82, 2.24) is 4.90 Å². The summed E-state index contributed by atoms with van der Waals surface area (Å²) in [6.07, 6.45) is 10.6. The Labute approximate surface area is 325 Å². The molecule has 2 aliphatic rings. The number of aliphatic carboxylic acids is 1. The number of carboxylic acid groups (broad SMARTS) is 1. The van der Waals surface area contributed by atoms with Crippen LogP contribution in [-0.4, -0.2) is 105 Å². The molecule has 0 aromatic heterocycles. The van der Waals surface area contributed by atoms with E-state index in [1.165, 1.54) is 32.9 Å². The van der Waals surface area contributed by atoms with Gasteiger partial charge in [-0.15, -0.1) is 0 Å². The Hall–Kier alpha value is -3.38. The van der Waals surface area contributed by atoms with Crippen molar-refractivity contribution in [2.75, 3.05) is 59.2 Å². The van der Waals surface area contributed by atoms with Crippen molar-refractivity contribution in [2.24, 2.45) is 0 Å². The molecule has 8 nitrogen and oxygen atoms in total. The molecule has 0 saturated heterocycles. The molecular formula is C42H58N3O5S2Si+. The Balaban J connectivity index is 1.42. The van der Waals surface area contributed by atoms with E-state index in [0.29, 0.717) is 50.3 Å². The van der Waals surface area contributed by atoms with Crippen molar-refractivity contribution >= 4 is 69.5 Å². The van der Waals surface area contributed by atoms with Crippen LogP contribution in [0.15, 0.2) is 71.5 Å². The van der Waals surface area contributed by atoms with E-state index < -0.39 is 14.0 Å². The zero-order chi connectivity index (χ0) is 38.9. The first-order valence-electron chi connectivity index (χ1n) is 18.5. The third-order valence-electron chi connectivity index (χ3n) is 10.00. The van der Waals surface area contributed by atoms with Crippen molar-refractivity contribution in [1.29, 1.82) is 0 Å². The molecule has 4 rings (SSSR count). The number of rotatable bonds is 19. The van der Waals surface area contributed by atoms with Gasteiger partial charge in [-0.05, 0) is 96.5 Å². The summed E-state index contributed by atoms with van der Waals surface area (Å²) in [5, 5.41) is 11.5. The fraction of sp³-hybridized carbons (Fsp3) is 0.476. The molecule has 11 heteroatoms. The van der Waals surface area contributed by atoms with E-state index in [2.05, 4.69) is 107 Å². The number of hydrogen-bond donors (Lipinski definition) is 1. The monoisotopic (exact) mass is 776 g/mol. The quantitative estimate of drug-likeness (QED) is 0.0508. The number of carboxylic acids is 1. The molecule has 286 valence electrons. The molecule has 1 N–H and O–H groups in total. The maximum atomic E-state index is 14.2. The summed E-state index contributed by atoms with van der Waals surface area (Å²) in [4.78, 5) is 41.6. The van der Waals surface area contributed by atoms with Gasteiger partial charge in [0.15, 0.2) is 5.71 Å². The zero-order valence-electron chi connectivity index (χ0n) is 33.1. The average molecular weight is 777 g/mol. The standard InChI is InChI=1S/C42H57N3O5S2Si/c1-42(2,52-51-29-50-26-13-12-18-39(47)48)24-23-32(46)15-14-25-45(7)41(49)34-17-11-10-16-33(34)40-35-21-19-30(43(3)4)27-37(35)53(8,9)38-28-31(44(5)6)20-22-36(38)40/h10-11,16-17,19-22,27-28H,12-15,18,23-26,29H2,1-9H3/p+1. The van der Waals surface area contributed by atoms with E-state index in [1.807, 2.05) is 25.2 Å². The van der Waals surface area contributed by atoms with Gasteiger partial charge in [0.1, 0.15) is 33.9 Å². The first-order valence-corrected chi connectivity index (χ1v) is 23.8. The number of allylic oxidation sites excluding steroid dienone is 5. The average Bonchev–Trinajstić information content (AvgIpc) is 3.11. The minimum absolute atomic E-state index is 0.0424. The van der Waals surface area contributed by atoms with Gasteiger partial charge in [0.25, 0.3) is 5.91 Å². The van der Waals surface area contributed by atoms with Crippen LogP contribution in [0.25, 0.3) is 5.57 Å². The number of unbranched alkanes of at least 4 members (excludes halogenated alkanes) is 1.